The number of ether oxygens (including phenoxy) is 2. The number of amides is 1. The molecule has 53 heavy (non-hydrogen) atoms. The van der Waals surface area contributed by atoms with E-state index in [1.54, 1.807) is 24.5 Å². The van der Waals surface area contributed by atoms with E-state index in [0.717, 1.165) is 80.2 Å². The van der Waals surface area contributed by atoms with Crippen molar-refractivity contribution >= 4 is 52.4 Å². The average molecular weight is 727 g/mol. The highest BCUT2D eigenvalue weighted by molar-refractivity contribution is 6.11. The molecule has 4 aliphatic rings. The maximum Gasteiger partial charge on any atom is 0.355 e. The molecule has 280 valence electrons. The molecule has 0 radical (unpaired) electrons. The van der Waals surface area contributed by atoms with Gasteiger partial charge in [-0.25, -0.2) is 19.6 Å². The zero-order valence-electron chi connectivity index (χ0n) is 30.4. The monoisotopic (exact) mass is 726 g/mol. The van der Waals surface area contributed by atoms with Crippen LogP contribution in [0.4, 0.5) is 11.4 Å². The Morgan fingerprint density at radius 1 is 1.11 bits per heavy atom. The number of pyridine rings is 2. The molecule has 3 aliphatic heterocycles. The van der Waals surface area contributed by atoms with Gasteiger partial charge in [0.2, 0.25) is 11.5 Å². The summed E-state index contributed by atoms with van der Waals surface area (Å²) < 4.78 is 13.0. The minimum atomic E-state index is -2.03. The third-order valence-corrected chi connectivity index (χ3v) is 11.0. The van der Waals surface area contributed by atoms with E-state index >= 15 is 0 Å². The second-order valence-corrected chi connectivity index (χ2v) is 14.5. The summed E-state index contributed by atoms with van der Waals surface area (Å²) in [6, 6.07) is 5.28. The number of fused-ring (bicyclic) bond motifs is 5. The Morgan fingerprint density at radius 2 is 1.91 bits per heavy atom. The SMILES string of the molecule is CCCCCN1C=Nc2cccc3nc4c(c1c23)Cn1c-4cc2c(c1=O)COC(=O)[C@@]2(CC)OC(=O)C[C@H](NC(=O)C(C)NC1CCCCC1)C(=O)O. The number of esters is 2. The Bertz CT molecular complexity index is 2070. The molecule has 14 heteroatoms. The normalized spacial score (nSPS) is 19.9. The fourth-order valence-corrected chi connectivity index (χ4v) is 8.16. The van der Waals surface area contributed by atoms with Crippen LogP contribution in [0.1, 0.15) is 102 Å². The van der Waals surface area contributed by atoms with Crippen LogP contribution in [0.5, 0.6) is 0 Å². The van der Waals surface area contributed by atoms with Gasteiger partial charge < -0.3 is 34.7 Å². The number of carbonyl (C=O) groups excluding carboxylic acids is 3. The van der Waals surface area contributed by atoms with Gasteiger partial charge in [0.25, 0.3) is 5.56 Å². The minimum absolute atomic E-state index is 0.0891. The van der Waals surface area contributed by atoms with E-state index in [1.807, 2.05) is 24.5 Å². The summed E-state index contributed by atoms with van der Waals surface area (Å²) in [6.07, 6.45) is 9.20. The minimum Gasteiger partial charge on any atom is -0.480 e. The van der Waals surface area contributed by atoms with Crippen molar-refractivity contribution in [2.45, 2.75) is 122 Å². The number of aliphatic imine (C=N–C) groups is 1. The van der Waals surface area contributed by atoms with E-state index in [0.29, 0.717) is 16.9 Å². The Morgan fingerprint density at radius 3 is 2.64 bits per heavy atom. The molecule has 14 nitrogen and oxygen atoms in total. The second kappa shape index (κ2) is 14.7. The van der Waals surface area contributed by atoms with Gasteiger partial charge >= 0.3 is 17.9 Å². The Balaban J connectivity index is 1.20. The molecule has 5 heterocycles. The van der Waals surface area contributed by atoms with Crippen molar-refractivity contribution in [1.82, 2.24) is 20.2 Å². The lowest BCUT2D eigenvalue weighted by molar-refractivity contribution is -0.190. The van der Waals surface area contributed by atoms with Crippen LogP contribution in [0.15, 0.2) is 34.1 Å². The van der Waals surface area contributed by atoms with E-state index in [9.17, 15) is 29.1 Å². The van der Waals surface area contributed by atoms with Gasteiger partial charge in [-0.15, -0.1) is 0 Å². The molecule has 1 aromatic carbocycles. The van der Waals surface area contributed by atoms with Crippen molar-refractivity contribution < 1.29 is 33.8 Å². The van der Waals surface area contributed by atoms with Crippen molar-refractivity contribution in [2.24, 2.45) is 4.99 Å². The predicted octanol–water partition coefficient (Wildman–Crippen LogP) is 4.57. The lowest BCUT2D eigenvalue weighted by Crippen LogP contribution is -2.53. The maximum atomic E-state index is 14.3. The summed E-state index contributed by atoms with van der Waals surface area (Å²) in [5.41, 5.74) is 2.29. The van der Waals surface area contributed by atoms with Crippen molar-refractivity contribution in [3.63, 3.8) is 0 Å². The highest BCUT2D eigenvalue weighted by Crippen LogP contribution is 2.47. The molecule has 3 atom stereocenters. The molecule has 3 N–H and O–H groups in total. The van der Waals surface area contributed by atoms with Crippen LogP contribution in [0.3, 0.4) is 0 Å². The number of hydrogen-bond acceptors (Lipinski definition) is 11. The molecule has 0 spiro atoms. The molecule has 0 bridgehead atoms. The molecule has 1 fully saturated rings. The number of hydrogen-bond donors (Lipinski definition) is 3. The highest BCUT2D eigenvalue weighted by atomic mass is 16.6. The number of rotatable bonds is 13. The number of anilines is 1. The fourth-order valence-electron chi connectivity index (χ4n) is 8.16. The molecule has 1 amide bonds. The summed E-state index contributed by atoms with van der Waals surface area (Å²) in [5.74, 6) is -3.90. The molecule has 1 unspecified atom stereocenters. The van der Waals surface area contributed by atoms with Gasteiger partial charge in [0.15, 0.2) is 0 Å². The largest absolute Gasteiger partial charge is 0.480 e. The first-order valence-corrected chi connectivity index (χ1v) is 18.8. The third kappa shape index (κ3) is 6.57. The lowest BCUT2D eigenvalue weighted by atomic mass is 9.85. The Kier molecular flexibility index (Phi) is 10.1. The first-order chi connectivity index (χ1) is 25.6. The summed E-state index contributed by atoms with van der Waals surface area (Å²) in [7, 11) is 0. The third-order valence-electron chi connectivity index (χ3n) is 11.0. The van der Waals surface area contributed by atoms with Crippen LogP contribution in [0.2, 0.25) is 0 Å². The molecule has 3 aromatic rings. The Hall–Kier alpha value is -5.11. The smallest absolute Gasteiger partial charge is 0.355 e. The zero-order chi connectivity index (χ0) is 37.4. The quantitative estimate of drug-likeness (QED) is 0.130. The number of cyclic esters (lactones) is 1. The molecule has 0 saturated heterocycles. The summed E-state index contributed by atoms with van der Waals surface area (Å²) >= 11 is 0. The second-order valence-electron chi connectivity index (χ2n) is 14.5. The molecular weight excluding hydrogens is 680 g/mol. The summed E-state index contributed by atoms with van der Waals surface area (Å²) in [5, 5.41) is 16.6. The van der Waals surface area contributed by atoms with Crippen LogP contribution in [-0.4, -0.2) is 69.5 Å². The van der Waals surface area contributed by atoms with Crippen LogP contribution in [-0.2, 0) is 47.4 Å². The molecule has 7 rings (SSSR count). The number of nitrogens with one attached hydrogen (secondary N) is 2. The van der Waals surface area contributed by atoms with Crippen molar-refractivity contribution in [2.75, 3.05) is 11.4 Å². The van der Waals surface area contributed by atoms with E-state index in [2.05, 4.69) is 22.5 Å². The molecular formula is C39H46N6O8. The van der Waals surface area contributed by atoms with E-state index in [4.69, 9.17) is 19.5 Å². The van der Waals surface area contributed by atoms with Crippen LogP contribution < -0.4 is 21.1 Å². The van der Waals surface area contributed by atoms with E-state index in [1.165, 1.54) is 0 Å². The fraction of sp³-hybridized carbons (Fsp3) is 0.513. The van der Waals surface area contributed by atoms with Gasteiger partial charge in [-0.1, -0.05) is 52.0 Å². The predicted molar refractivity (Wildman–Crippen MR) is 197 cm³/mol. The van der Waals surface area contributed by atoms with Gasteiger partial charge in [-0.3, -0.25) is 14.4 Å². The summed E-state index contributed by atoms with van der Waals surface area (Å²) in [4.78, 5) is 78.6. The number of carboxylic acids is 1. The number of unbranched alkanes of at least 4 members (excludes halogenated alkanes) is 2. The number of aliphatic carboxylic acids is 1. The number of carbonyl (C=O) groups is 4. The Labute approximate surface area is 307 Å². The average Bonchev–Trinajstić information content (AvgIpc) is 3.52. The van der Waals surface area contributed by atoms with E-state index in [-0.39, 0.29) is 36.7 Å². The van der Waals surface area contributed by atoms with Crippen molar-refractivity contribution in [3.8, 4) is 11.4 Å². The first kappa shape index (κ1) is 36.3. The molecule has 2 aromatic heterocycles. The van der Waals surface area contributed by atoms with Crippen LogP contribution in [0.25, 0.3) is 22.3 Å². The highest BCUT2D eigenvalue weighted by Gasteiger charge is 2.51. The number of nitrogens with zero attached hydrogens (tertiary/aromatic N) is 4. The lowest BCUT2D eigenvalue weighted by Gasteiger charge is -2.36. The molecule has 1 saturated carbocycles. The summed E-state index contributed by atoms with van der Waals surface area (Å²) in [6.45, 7) is 6.09. The standard InChI is InChI=1S/C39H46N6O8/c1-4-6-10-16-44-21-40-27-14-11-15-28-32(27)34(44)24-19-45-30(33(24)42-28)17-26-25(36(45)48)20-52-38(51)39(26,5-2)53-31(46)18-29(37(49)50)43-35(47)22(3)41-23-12-8-7-9-13-23/h11,14-15,17,21-23,29,41H,4-10,12-13,16,18-20H2,1-3H3,(H,43,47)(H,49,50)/t22?,29-,39-/m0/s1. The topological polar surface area (TPSA) is 182 Å². The van der Waals surface area contributed by atoms with Crippen LogP contribution in [0, 0.1) is 0 Å². The van der Waals surface area contributed by atoms with Gasteiger partial charge in [0.05, 0.1) is 64.6 Å². The zero-order valence-corrected chi connectivity index (χ0v) is 30.4. The first-order valence-electron chi connectivity index (χ1n) is 18.8. The number of benzene rings is 1. The van der Waals surface area contributed by atoms with Gasteiger partial charge in [0.1, 0.15) is 12.6 Å². The van der Waals surface area contributed by atoms with Gasteiger partial charge in [0, 0.05) is 23.7 Å². The van der Waals surface area contributed by atoms with Crippen LogP contribution >= 0.6 is 0 Å². The maximum absolute atomic E-state index is 14.3. The number of aromatic nitrogens is 2. The van der Waals surface area contributed by atoms with Crippen molar-refractivity contribution in [3.05, 3.63) is 51.3 Å². The van der Waals surface area contributed by atoms with Gasteiger partial charge in [-0.2, -0.15) is 0 Å². The van der Waals surface area contributed by atoms with E-state index < -0.39 is 53.5 Å². The molecule has 1 aliphatic carbocycles. The number of carboxylic acid groups (broad SMARTS) is 1. The van der Waals surface area contributed by atoms with Gasteiger partial charge in [-0.05, 0) is 50.8 Å². The van der Waals surface area contributed by atoms with Crippen molar-refractivity contribution in [1.29, 1.82) is 0 Å².